The van der Waals surface area contributed by atoms with Crippen LogP contribution < -0.4 is 0 Å². The summed E-state index contributed by atoms with van der Waals surface area (Å²) in [4.78, 5) is 21.0. The fourth-order valence-electron chi connectivity index (χ4n) is 1.52. The summed E-state index contributed by atoms with van der Waals surface area (Å²) < 4.78 is 0. The Morgan fingerprint density at radius 1 is 1.63 bits per heavy atom. The smallest absolute Gasteiger partial charge is 0.165 e. The zero-order valence-corrected chi connectivity index (χ0v) is 11.7. The predicted octanol–water partition coefficient (Wildman–Crippen LogP) is 2.53. The molecule has 5 nitrogen and oxygen atoms in total. The Bertz CT molecular complexity index is 674. The van der Waals surface area contributed by atoms with Gasteiger partial charge in [-0.1, -0.05) is 11.8 Å². The fraction of sp³-hybridized carbons (Fsp3) is 0.250. The van der Waals surface area contributed by atoms with Crippen molar-refractivity contribution in [3.63, 3.8) is 0 Å². The van der Waals surface area contributed by atoms with Gasteiger partial charge in [0, 0.05) is 11.1 Å². The number of carbonyl (C=O) groups excluding carboxylic acids is 1. The molecule has 0 bridgehead atoms. The summed E-state index contributed by atoms with van der Waals surface area (Å²) in [5.41, 5.74) is 0.0801. The number of hydrogen-bond acceptors (Lipinski definition) is 7. The van der Waals surface area contributed by atoms with Crippen LogP contribution in [-0.4, -0.2) is 27.2 Å². The minimum absolute atomic E-state index is 0.0801. The number of thiophene rings is 1. The average molecular weight is 290 g/mol. The van der Waals surface area contributed by atoms with Gasteiger partial charge in [-0.25, -0.2) is 9.97 Å². The van der Waals surface area contributed by atoms with E-state index >= 15 is 0 Å². The monoisotopic (exact) mass is 290 g/mol. The maximum absolute atomic E-state index is 11.8. The largest absolute Gasteiger partial charge is 0.308 e. The van der Waals surface area contributed by atoms with E-state index in [1.165, 1.54) is 36.3 Å². The predicted molar refractivity (Wildman–Crippen MR) is 75.6 cm³/mol. The van der Waals surface area contributed by atoms with Crippen LogP contribution in [0.3, 0.4) is 0 Å². The van der Waals surface area contributed by atoms with Crippen LogP contribution in [0.4, 0.5) is 0 Å². The van der Waals surface area contributed by atoms with Gasteiger partial charge < -0.3 is 5.41 Å². The summed E-state index contributed by atoms with van der Waals surface area (Å²) in [7, 11) is 0. The third-order valence-corrected chi connectivity index (χ3v) is 4.31. The van der Waals surface area contributed by atoms with Crippen molar-refractivity contribution in [2.24, 2.45) is 5.92 Å². The Hall–Kier alpha value is -1.78. The highest BCUT2D eigenvalue weighted by Crippen LogP contribution is 2.27. The van der Waals surface area contributed by atoms with Gasteiger partial charge in [-0.2, -0.15) is 5.26 Å². The van der Waals surface area contributed by atoms with Crippen LogP contribution in [0.1, 0.15) is 6.92 Å². The van der Waals surface area contributed by atoms with E-state index in [4.69, 9.17) is 10.7 Å². The Morgan fingerprint density at radius 3 is 3.11 bits per heavy atom. The summed E-state index contributed by atoms with van der Waals surface area (Å²) in [6.45, 7) is 1.47. The second-order valence-corrected chi connectivity index (χ2v) is 5.68. The molecule has 2 aromatic heterocycles. The van der Waals surface area contributed by atoms with Crippen molar-refractivity contribution in [3.8, 4) is 6.07 Å². The number of thioether (sulfide) groups is 1. The average Bonchev–Trinajstić information content (AvgIpc) is 2.85. The second-order valence-electron chi connectivity index (χ2n) is 3.82. The molecule has 0 saturated carbocycles. The van der Waals surface area contributed by atoms with E-state index < -0.39 is 5.92 Å². The number of rotatable bonds is 5. The van der Waals surface area contributed by atoms with Crippen LogP contribution in [0.25, 0.3) is 10.2 Å². The zero-order chi connectivity index (χ0) is 13.8. The van der Waals surface area contributed by atoms with E-state index in [9.17, 15) is 4.79 Å². The van der Waals surface area contributed by atoms with Crippen molar-refractivity contribution in [2.45, 2.75) is 11.9 Å². The molecule has 1 unspecified atom stereocenters. The molecule has 19 heavy (non-hydrogen) atoms. The first kappa shape index (κ1) is 13.6. The highest BCUT2D eigenvalue weighted by molar-refractivity contribution is 8.00. The van der Waals surface area contributed by atoms with Crippen molar-refractivity contribution in [2.75, 3.05) is 5.75 Å². The van der Waals surface area contributed by atoms with Crippen molar-refractivity contribution < 1.29 is 4.79 Å². The quantitative estimate of drug-likeness (QED) is 0.519. The highest BCUT2D eigenvalue weighted by Gasteiger charge is 2.20. The topological polar surface area (TPSA) is 90.5 Å². The fourth-order valence-corrected chi connectivity index (χ4v) is 3.20. The molecule has 1 atom stereocenters. The van der Waals surface area contributed by atoms with Crippen LogP contribution in [0.2, 0.25) is 0 Å². The Morgan fingerprint density at radius 2 is 2.42 bits per heavy atom. The highest BCUT2D eigenvalue weighted by atomic mass is 32.2. The first-order valence-corrected chi connectivity index (χ1v) is 7.28. The number of fused-ring (bicyclic) bond motifs is 1. The molecule has 2 aromatic rings. The normalized spacial score (nSPS) is 12.0. The van der Waals surface area contributed by atoms with Crippen molar-refractivity contribution in [1.29, 1.82) is 10.7 Å². The molecule has 2 heterocycles. The Kier molecular flexibility index (Phi) is 4.24. The van der Waals surface area contributed by atoms with E-state index in [0.717, 1.165) is 15.2 Å². The van der Waals surface area contributed by atoms with E-state index in [0.29, 0.717) is 0 Å². The van der Waals surface area contributed by atoms with Gasteiger partial charge in [0.05, 0.1) is 11.8 Å². The molecular weight excluding hydrogens is 280 g/mol. The second kappa shape index (κ2) is 5.91. The Balaban J connectivity index is 2.11. The maximum Gasteiger partial charge on any atom is 0.165 e. The molecule has 7 heteroatoms. The first-order chi connectivity index (χ1) is 9.13. The van der Waals surface area contributed by atoms with Gasteiger partial charge in [0.1, 0.15) is 22.1 Å². The molecule has 0 aromatic carbocycles. The molecule has 96 valence electrons. The first-order valence-electron chi connectivity index (χ1n) is 5.42. The van der Waals surface area contributed by atoms with Gasteiger partial charge in [0.15, 0.2) is 5.78 Å². The van der Waals surface area contributed by atoms with Crippen molar-refractivity contribution in [1.82, 2.24) is 9.97 Å². The number of hydrogen-bond donors (Lipinski definition) is 1. The Labute approximate surface area is 118 Å². The molecule has 0 saturated heterocycles. The van der Waals surface area contributed by atoms with Gasteiger partial charge in [0.2, 0.25) is 0 Å². The van der Waals surface area contributed by atoms with Crippen LogP contribution in [0, 0.1) is 22.7 Å². The van der Waals surface area contributed by atoms with Gasteiger partial charge in [-0.15, -0.1) is 11.3 Å². The molecule has 0 amide bonds. The summed E-state index contributed by atoms with van der Waals surface area (Å²) in [5.74, 6) is -1.08. The molecule has 0 spiro atoms. The third kappa shape index (κ3) is 2.97. The van der Waals surface area contributed by atoms with Gasteiger partial charge >= 0.3 is 0 Å². The lowest BCUT2D eigenvalue weighted by atomic mass is 10.0. The molecule has 0 fully saturated rings. The lowest BCUT2D eigenvalue weighted by molar-refractivity contribution is -0.117. The zero-order valence-electron chi connectivity index (χ0n) is 10.1. The summed E-state index contributed by atoms with van der Waals surface area (Å²) in [6, 6.07) is 3.76. The van der Waals surface area contributed by atoms with E-state index in [1.807, 2.05) is 17.5 Å². The SMILES string of the molecule is CC(=N)C(C#N)C(=O)CSc1ncnc2sccc12. The van der Waals surface area contributed by atoms with E-state index in [2.05, 4.69) is 9.97 Å². The molecule has 0 aliphatic heterocycles. The molecule has 0 aliphatic carbocycles. The van der Waals surface area contributed by atoms with E-state index in [1.54, 1.807) is 0 Å². The molecule has 1 N–H and O–H groups in total. The number of ketones is 1. The molecule has 2 rings (SSSR count). The minimum Gasteiger partial charge on any atom is -0.308 e. The van der Waals surface area contributed by atoms with E-state index in [-0.39, 0.29) is 17.2 Å². The number of carbonyl (C=O) groups is 1. The van der Waals surface area contributed by atoms with Crippen LogP contribution in [-0.2, 0) is 4.79 Å². The number of Topliss-reactive ketones (excluding diaryl/α,β-unsaturated/α-hetero) is 1. The number of aromatic nitrogens is 2. The summed E-state index contributed by atoms with van der Waals surface area (Å²) >= 11 is 2.80. The van der Waals surface area contributed by atoms with Crippen LogP contribution in [0.15, 0.2) is 22.8 Å². The van der Waals surface area contributed by atoms with Crippen LogP contribution >= 0.6 is 23.1 Å². The standard InChI is InChI=1S/C12H10N4OS2/c1-7(14)9(4-13)10(17)5-19-12-8-2-3-18-11(8)15-6-16-12/h2-3,6,9,14H,5H2,1H3. The summed E-state index contributed by atoms with van der Waals surface area (Å²) in [5, 5.41) is 19.8. The van der Waals surface area contributed by atoms with Gasteiger partial charge in [0.25, 0.3) is 0 Å². The van der Waals surface area contributed by atoms with Crippen LogP contribution in [0.5, 0.6) is 0 Å². The number of nitrogens with zero attached hydrogens (tertiary/aromatic N) is 3. The third-order valence-electron chi connectivity index (χ3n) is 2.46. The molecular formula is C12H10N4OS2. The lowest BCUT2D eigenvalue weighted by Crippen LogP contribution is -2.21. The molecule has 0 radical (unpaired) electrons. The maximum atomic E-state index is 11.8. The summed E-state index contributed by atoms with van der Waals surface area (Å²) in [6.07, 6.45) is 1.47. The number of nitrogens with one attached hydrogen (secondary N) is 1. The van der Waals surface area contributed by atoms with Crippen molar-refractivity contribution >= 4 is 44.8 Å². The lowest BCUT2D eigenvalue weighted by Gasteiger charge is -2.05. The minimum atomic E-state index is -0.952. The molecule has 0 aliphatic rings. The van der Waals surface area contributed by atoms with Gasteiger partial charge in [-0.05, 0) is 18.4 Å². The van der Waals surface area contributed by atoms with Crippen molar-refractivity contribution in [3.05, 3.63) is 17.8 Å². The number of nitriles is 1. The van der Waals surface area contributed by atoms with Gasteiger partial charge in [-0.3, -0.25) is 4.79 Å².